The van der Waals surface area contributed by atoms with Gasteiger partial charge in [0.15, 0.2) is 0 Å². The van der Waals surface area contributed by atoms with E-state index < -0.39 is 15.9 Å². The fourth-order valence-corrected chi connectivity index (χ4v) is 3.04. The quantitative estimate of drug-likeness (QED) is 0.878. The summed E-state index contributed by atoms with van der Waals surface area (Å²) in [6, 6.07) is 1.76. The molecule has 16 heavy (non-hydrogen) atoms. The minimum atomic E-state index is -3.06. The Morgan fingerprint density at radius 3 is 2.62 bits per heavy atom. The van der Waals surface area contributed by atoms with E-state index in [2.05, 4.69) is 36.8 Å². The molecule has 0 aliphatic heterocycles. The standard InChI is InChI=1S/C9H11Br2NO3S/c1-16(14,15)3-2-8(13)9-7(11)4-6(10)5-12-9/h4-5,8,13H,2-3H2,1H3. The van der Waals surface area contributed by atoms with E-state index in [4.69, 9.17) is 0 Å². The molecule has 90 valence electrons. The molecule has 0 saturated carbocycles. The minimum Gasteiger partial charge on any atom is -0.387 e. The summed E-state index contributed by atoms with van der Waals surface area (Å²) in [4.78, 5) is 4.04. The predicted molar refractivity (Wildman–Crippen MR) is 68.9 cm³/mol. The maximum atomic E-state index is 11.0. The molecular formula is C9H11Br2NO3S. The minimum absolute atomic E-state index is 0.0572. The lowest BCUT2D eigenvalue weighted by Gasteiger charge is -2.11. The van der Waals surface area contributed by atoms with Crippen LogP contribution in [0.4, 0.5) is 0 Å². The lowest BCUT2D eigenvalue weighted by Crippen LogP contribution is -2.10. The van der Waals surface area contributed by atoms with E-state index in [0.29, 0.717) is 10.2 Å². The Hall–Kier alpha value is 0.0200. The zero-order valence-corrected chi connectivity index (χ0v) is 12.5. The second-order valence-corrected chi connectivity index (χ2v) is 7.48. The first kappa shape index (κ1) is 14.1. The highest BCUT2D eigenvalue weighted by Crippen LogP contribution is 2.26. The molecule has 1 atom stereocenters. The fraction of sp³-hybridized carbons (Fsp3) is 0.444. The molecule has 7 heteroatoms. The third-order valence-electron chi connectivity index (χ3n) is 1.91. The topological polar surface area (TPSA) is 67.3 Å². The first-order chi connectivity index (χ1) is 7.29. The largest absolute Gasteiger partial charge is 0.387 e. The van der Waals surface area contributed by atoms with Crippen LogP contribution in [0.1, 0.15) is 18.2 Å². The van der Waals surface area contributed by atoms with Crippen molar-refractivity contribution in [3.63, 3.8) is 0 Å². The van der Waals surface area contributed by atoms with Crippen LogP contribution in [-0.4, -0.2) is 30.5 Å². The molecule has 0 aliphatic carbocycles. The van der Waals surface area contributed by atoms with Gasteiger partial charge < -0.3 is 5.11 Å². The van der Waals surface area contributed by atoms with Gasteiger partial charge in [-0.15, -0.1) is 0 Å². The van der Waals surface area contributed by atoms with Gasteiger partial charge in [-0.1, -0.05) is 0 Å². The van der Waals surface area contributed by atoms with Gasteiger partial charge in [-0.05, 0) is 44.3 Å². The molecule has 4 nitrogen and oxygen atoms in total. The van der Waals surface area contributed by atoms with Gasteiger partial charge >= 0.3 is 0 Å². The third kappa shape index (κ3) is 4.48. The molecule has 0 aromatic carbocycles. The van der Waals surface area contributed by atoms with Gasteiger partial charge in [-0.25, -0.2) is 8.42 Å². The Balaban J connectivity index is 2.77. The summed E-state index contributed by atoms with van der Waals surface area (Å²) in [6.45, 7) is 0. The van der Waals surface area contributed by atoms with Gasteiger partial charge in [0.2, 0.25) is 0 Å². The van der Waals surface area contributed by atoms with Crippen molar-refractivity contribution in [2.75, 3.05) is 12.0 Å². The van der Waals surface area contributed by atoms with E-state index in [1.54, 1.807) is 12.3 Å². The SMILES string of the molecule is CS(=O)(=O)CCC(O)c1ncc(Br)cc1Br. The fourth-order valence-electron chi connectivity index (χ4n) is 1.13. The molecule has 0 fully saturated rings. The van der Waals surface area contributed by atoms with Crippen molar-refractivity contribution in [1.82, 2.24) is 4.98 Å². The molecule has 1 unspecified atom stereocenters. The van der Waals surface area contributed by atoms with Gasteiger partial charge in [-0.2, -0.15) is 0 Å². The van der Waals surface area contributed by atoms with Gasteiger partial charge in [-0.3, -0.25) is 4.98 Å². The van der Waals surface area contributed by atoms with Crippen molar-refractivity contribution >= 4 is 41.7 Å². The zero-order chi connectivity index (χ0) is 12.3. The number of halogens is 2. The highest BCUT2D eigenvalue weighted by atomic mass is 79.9. The van der Waals surface area contributed by atoms with Crippen LogP contribution in [0.3, 0.4) is 0 Å². The van der Waals surface area contributed by atoms with Crippen LogP contribution in [0.25, 0.3) is 0 Å². The second kappa shape index (κ2) is 5.57. The van der Waals surface area contributed by atoms with Crippen molar-refractivity contribution in [3.05, 3.63) is 26.9 Å². The van der Waals surface area contributed by atoms with Crippen molar-refractivity contribution in [1.29, 1.82) is 0 Å². The Morgan fingerprint density at radius 2 is 2.12 bits per heavy atom. The number of hydrogen-bond donors (Lipinski definition) is 1. The summed E-state index contributed by atoms with van der Waals surface area (Å²) in [7, 11) is -3.06. The van der Waals surface area contributed by atoms with Crippen LogP contribution >= 0.6 is 31.9 Å². The lowest BCUT2D eigenvalue weighted by atomic mass is 10.2. The van der Waals surface area contributed by atoms with Crippen LogP contribution in [0.15, 0.2) is 21.2 Å². The molecule has 0 aliphatic rings. The molecule has 1 rings (SSSR count). The van der Waals surface area contributed by atoms with E-state index >= 15 is 0 Å². The maximum Gasteiger partial charge on any atom is 0.147 e. The Kier molecular flexibility index (Phi) is 4.90. The molecule has 0 spiro atoms. The van der Waals surface area contributed by atoms with Crippen molar-refractivity contribution in [2.24, 2.45) is 0 Å². The summed E-state index contributed by atoms with van der Waals surface area (Å²) in [5.74, 6) is -0.0572. The van der Waals surface area contributed by atoms with Crippen molar-refractivity contribution < 1.29 is 13.5 Å². The van der Waals surface area contributed by atoms with Crippen LogP contribution in [0, 0.1) is 0 Å². The van der Waals surface area contributed by atoms with E-state index in [-0.39, 0.29) is 12.2 Å². The van der Waals surface area contributed by atoms with E-state index in [1.807, 2.05) is 0 Å². The highest BCUT2D eigenvalue weighted by molar-refractivity contribution is 9.11. The zero-order valence-electron chi connectivity index (χ0n) is 8.52. The molecule has 0 amide bonds. The molecule has 0 radical (unpaired) electrons. The molecule has 0 saturated heterocycles. The van der Waals surface area contributed by atoms with Crippen LogP contribution in [0.2, 0.25) is 0 Å². The summed E-state index contributed by atoms with van der Waals surface area (Å²) >= 11 is 6.51. The molecular weight excluding hydrogens is 362 g/mol. The van der Waals surface area contributed by atoms with E-state index in [0.717, 1.165) is 10.7 Å². The number of sulfone groups is 1. The molecule has 1 heterocycles. The first-order valence-corrected chi connectivity index (χ1v) is 8.11. The van der Waals surface area contributed by atoms with Crippen LogP contribution in [0.5, 0.6) is 0 Å². The number of pyridine rings is 1. The summed E-state index contributed by atoms with van der Waals surface area (Å²) < 4.78 is 23.4. The van der Waals surface area contributed by atoms with Gasteiger partial charge in [0.1, 0.15) is 9.84 Å². The second-order valence-electron chi connectivity index (χ2n) is 3.45. The molecule has 1 aromatic rings. The number of aromatic nitrogens is 1. The van der Waals surface area contributed by atoms with E-state index in [9.17, 15) is 13.5 Å². The number of aliphatic hydroxyl groups excluding tert-OH is 1. The predicted octanol–water partition coefficient (Wildman–Crippen LogP) is 2.07. The summed E-state index contributed by atoms with van der Waals surface area (Å²) in [6.07, 6.45) is 1.97. The monoisotopic (exact) mass is 371 g/mol. The van der Waals surface area contributed by atoms with Gasteiger partial charge in [0.25, 0.3) is 0 Å². The highest BCUT2D eigenvalue weighted by Gasteiger charge is 2.15. The van der Waals surface area contributed by atoms with Crippen LogP contribution < -0.4 is 0 Å². The summed E-state index contributed by atoms with van der Waals surface area (Å²) in [5, 5.41) is 9.78. The average molecular weight is 373 g/mol. The van der Waals surface area contributed by atoms with E-state index in [1.165, 1.54) is 0 Å². The Labute approximate surface area is 111 Å². The smallest absolute Gasteiger partial charge is 0.147 e. The number of hydrogen-bond acceptors (Lipinski definition) is 4. The lowest BCUT2D eigenvalue weighted by molar-refractivity contribution is 0.168. The average Bonchev–Trinajstić information content (AvgIpc) is 2.13. The van der Waals surface area contributed by atoms with Crippen LogP contribution in [-0.2, 0) is 9.84 Å². The molecule has 0 bridgehead atoms. The third-order valence-corrected chi connectivity index (χ3v) is 3.96. The summed E-state index contributed by atoms with van der Waals surface area (Å²) in [5.41, 5.74) is 0.451. The Morgan fingerprint density at radius 1 is 1.50 bits per heavy atom. The van der Waals surface area contributed by atoms with Gasteiger partial charge in [0, 0.05) is 21.4 Å². The number of rotatable bonds is 4. The maximum absolute atomic E-state index is 11.0. The molecule has 1 N–H and O–H groups in total. The van der Waals surface area contributed by atoms with Gasteiger partial charge in [0.05, 0.1) is 17.6 Å². The van der Waals surface area contributed by atoms with Crippen molar-refractivity contribution in [2.45, 2.75) is 12.5 Å². The normalized spacial score (nSPS) is 13.8. The molecule has 1 aromatic heterocycles. The number of nitrogens with zero attached hydrogens (tertiary/aromatic N) is 1. The first-order valence-electron chi connectivity index (χ1n) is 4.46. The number of aliphatic hydroxyl groups is 1. The Bertz CT molecular complexity index is 476. The van der Waals surface area contributed by atoms with Crippen molar-refractivity contribution in [3.8, 4) is 0 Å².